The van der Waals surface area contributed by atoms with Crippen LogP contribution in [0, 0.1) is 0 Å². The summed E-state index contributed by atoms with van der Waals surface area (Å²) >= 11 is 1.43. The fraction of sp³-hybridized carbons (Fsp3) is 0.500. The molecule has 3 heterocycles. The highest BCUT2D eigenvalue weighted by molar-refractivity contribution is 7.14. The summed E-state index contributed by atoms with van der Waals surface area (Å²) in [7, 11) is 0. The molecule has 1 aromatic heterocycles. The zero-order valence-corrected chi connectivity index (χ0v) is 18.1. The predicted molar refractivity (Wildman–Crippen MR) is 116 cm³/mol. The third kappa shape index (κ3) is 5.44. The zero-order chi connectivity index (χ0) is 20.9. The van der Waals surface area contributed by atoms with Crippen LogP contribution in [0.15, 0.2) is 29.6 Å². The first-order valence-electron chi connectivity index (χ1n) is 10.5. The second-order valence-electron chi connectivity index (χ2n) is 7.96. The maximum absolute atomic E-state index is 12.4. The number of rotatable bonds is 7. The van der Waals surface area contributed by atoms with Crippen molar-refractivity contribution in [3.63, 3.8) is 0 Å². The van der Waals surface area contributed by atoms with E-state index in [2.05, 4.69) is 34.3 Å². The van der Waals surface area contributed by atoms with Crippen LogP contribution in [-0.2, 0) is 33.8 Å². The molecule has 1 unspecified atom stereocenters. The number of nitrogens with one attached hydrogen (secondary N) is 1. The molecule has 1 aromatic carbocycles. The summed E-state index contributed by atoms with van der Waals surface area (Å²) in [5.74, 6) is 0.0544. The van der Waals surface area contributed by atoms with Gasteiger partial charge in [0.15, 0.2) is 5.13 Å². The summed E-state index contributed by atoms with van der Waals surface area (Å²) < 4.78 is 5.61. The van der Waals surface area contributed by atoms with Crippen LogP contribution >= 0.6 is 11.3 Å². The number of hydrogen-bond donors (Lipinski definition) is 1. The summed E-state index contributed by atoms with van der Waals surface area (Å²) in [5.41, 5.74) is 3.04. The Morgan fingerprint density at radius 1 is 1.33 bits per heavy atom. The summed E-state index contributed by atoms with van der Waals surface area (Å²) in [4.78, 5) is 32.8. The summed E-state index contributed by atoms with van der Waals surface area (Å²) in [5, 5.41) is 5.55. The average Bonchev–Trinajstić information content (AvgIpc) is 3.35. The van der Waals surface area contributed by atoms with E-state index in [-0.39, 0.29) is 24.3 Å². The fourth-order valence-electron chi connectivity index (χ4n) is 3.91. The van der Waals surface area contributed by atoms with Gasteiger partial charge in [-0.05, 0) is 24.5 Å². The molecule has 0 aliphatic carbocycles. The number of hydrogen-bond acceptors (Lipinski definition) is 6. The first kappa shape index (κ1) is 21.0. The molecule has 2 aliphatic rings. The number of carbonyl (C=O) groups is 2. The van der Waals surface area contributed by atoms with Gasteiger partial charge in [-0.25, -0.2) is 4.98 Å². The van der Waals surface area contributed by atoms with Crippen LogP contribution in [-0.4, -0.2) is 54.0 Å². The Morgan fingerprint density at radius 2 is 2.20 bits per heavy atom. The highest BCUT2D eigenvalue weighted by Crippen LogP contribution is 2.25. The smallest absolute Gasteiger partial charge is 0.228 e. The van der Waals surface area contributed by atoms with E-state index in [1.807, 2.05) is 17.5 Å². The molecule has 160 valence electrons. The van der Waals surface area contributed by atoms with Crippen molar-refractivity contribution in [1.29, 1.82) is 0 Å². The van der Waals surface area contributed by atoms with E-state index in [1.54, 1.807) is 4.90 Å². The molecular formula is C22H28N4O3S. The molecule has 2 saturated heterocycles. The Morgan fingerprint density at radius 3 is 3.00 bits per heavy atom. The molecular weight excluding hydrogens is 400 g/mol. The van der Waals surface area contributed by atoms with Crippen molar-refractivity contribution in [3.05, 3.63) is 46.5 Å². The first-order chi connectivity index (χ1) is 14.6. The van der Waals surface area contributed by atoms with Gasteiger partial charge in [0.25, 0.3) is 0 Å². The van der Waals surface area contributed by atoms with Crippen molar-refractivity contribution in [2.75, 3.05) is 31.1 Å². The van der Waals surface area contributed by atoms with E-state index in [1.165, 1.54) is 16.9 Å². The monoisotopic (exact) mass is 428 g/mol. The van der Waals surface area contributed by atoms with Crippen molar-refractivity contribution in [1.82, 2.24) is 15.2 Å². The van der Waals surface area contributed by atoms with E-state index in [4.69, 9.17) is 4.74 Å². The van der Waals surface area contributed by atoms with Gasteiger partial charge in [0.1, 0.15) is 0 Å². The third-order valence-corrected chi connectivity index (χ3v) is 6.31. The Bertz CT molecular complexity index is 900. The van der Waals surface area contributed by atoms with Crippen LogP contribution in [0.2, 0.25) is 0 Å². The average molecular weight is 429 g/mol. The van der Waals surface area contributed by atoms with Gasteiger partial charge in [-0.1, -0.05) is 24.3 Å². The molecule has 0 bridgehead atoms. The van der Waals surface area contributed by atoms with E-state index in [0.717, 1.165) is 44.8 Å². The van der Waals surface area contributed by atoms with Crippen molar-refractivity contribution < 1.29 is 14.3 Å². The topological polar surface area (TPSA) is 74.8 Å². The van der Waals surface area contributed by atoms with Gasteiger partial charge in [-0.15, -0.1) is 11.3 Å². The number of benzene rings is 1. The highest BCUT2D eigenvalue weighted by Gasteiger charge is 2.24. The van der Waals surface area contributed by atoms with Gasteiger partial charge < -0.3 is 10.1 Å². The molecule has 4 rings (SSSR count). The minimum absolute atomic E-state index is 0.0630. The lowest BCUT2D eigenvalue weighted by Crippen LogP contribution is -2.40. The number of nitrogens with zero attached hydrogens (tertiary/aromatic N) is 3. The summed E-state index contributed by atoms with van der Waals surface area (Å²) in [6.07, 6.45) is 1.96. The number of anilines is 1. The van der Waals surface area contributed by atoms with Gasteiger partial charge in [-0.2, -0.15) is 0 Å². The minimum atomic E-state index is -0.0630. The van der Waals surface area contributed by atoms with Crippen LogP contribution in [0.3, 0.4) is 0 Å². The van der Waals surface area contributed by atoms with Crippen molar-refractivity contribution in [3.8, 4) is 0 Å². The van der Waals surface area contributed by atoms with Crippen LogP contribution in [0.4, 0.5) is 5.13 Å². The van der Waals surface area contributed by atoms with Crippen LogP contribution in [0.25, 0.3) is 0 Å². The normalized spacial score (nSPS) is 20.0. The quantitative estimate of drug-likeness (QED) is 0.733. The van der Waals surface area contributed by atoms with E-state index < -0.39 is 0 Å². The van der Waals surface area contributed by atoms with E-state index in [0.29, 0.717) is 23.8 Å². The Labute approximate surface area is 181 Å². The van der Waals surface area contributed by atoms with E-state index in [9.17, 15) is 9.59 Å². The summed E-state index contributed by atoms with van der Waals surface area (Å²) in [6, 6.07) is 8.36. The molecule has 7 nitrogen and oxygen atoms in total. The SMILES string of the molecule is CC1CN(Cc2cccc(CNC(=O)Cc3csc(N4CCCC4=O)n3)c2)CCO1. The number of carbonyl (C=O) groups excluding carboxylic acids is 2. The predicted octanol–water partition coefficient (Wildman–Crippen LogP) is 2.35. The second-order valence-corrected chi connectivity index (χ2v) is 8.80. The Hall–Kier alpha value is -2.29. The molecule has 0 radical (unpaired) electrons. The van der Waals surface area contributed by atoms with Gasteiger partial charge >= 0.3 is 0 Å². The number of thiazole rings is 1. The lowest BCUT2D eigenvalue weighted by Gasteiger charge is -2.31. The molecule has 1 N–H and O–H groups in total. The van der Waals surface area contributed by atoms with E-state index >= 15 is 0 Å². The third-order valence-electron chi connectivity index (χ3n) is 5.40. The van der Waals surface area contributed by atoms with Crippen LogP contribution in [0.5, 0.6) is 0 Å². The van der Waals surface area contributed by atoms with Crippen molar-refractivity contribution >= 4 is 28.3 Å². The van der Waals surface area contributed by atoms with Gasteiger partial charge in [0.05, 0.1) is 24.8 Å². The van der Waals surface area contributed by atoms with Crippen LogP contribution in [0.1, 0.15) is 36.6 Å². The molecule has 2 aliphatic heterocycles. The Balaban J connectivity index is 1.27. The number of aromatic nitrogens is 1. The zero-order valence-electron chi connectivity index (χ0n) is 17.3. The maximum Gasteiger partial charge on any atom is 0.228 e. The number of morpholine rings is 1. The molecule has 2 amide bonds. The summed E-state index contributed by atoms with van der Waals surface area (Å²) in [6.45, 7) is 6.88. The lowest BCUT2D eigenvalue weighted by atomic mass is 10.1. The fourth-order valence-corrected chi connectivity index (χ4v) is 4.78. The first-order valence-corrected chi connectivity index (χ1v) is 11.4. The molecule has 8 heteroatoms. The standard InChI is InChI=1S/C22H28N4O3S/c1-16-13-25(8-9-29-16)14-18-5-2-4-17(10-18)12-23-20(27)11-19-15-30-22(24-19)26-7-3-6-21(26)28/h2,4-5,10,15-16H,3,6-9,11-14H2,1H3,(H,23,27). The van der Waals surface area contributed by atoms with Crippen molar-refractivity contribution in [2.24, 2.45) is 0 Å². The van der Waals surface area contributed by atoms with Gasteiger partial charge in [-0.3, -0.25) is 19.4 Å². The maximum atomic E-state index is 12.4. The molecule has 2 fully saturated rings. The molecule has 30 heavy (non-hydrogen) atoms. The molecule has 2 aromatic rings. The minimum Gasteiger partial charge on any atom is -0.376 e. The molecule has 0 saturated carbocycles. The Kier molecular flexibility index (Phi) is 6.76. The second kappa shape index (κ2) is 9.68. The van der Waals surface area contributed by atoms with Crippen LogP contribution < -0.4 is 10.2 Å². The number of ether oxygens (including phenoxy) is 1. The molecule has 1 atom stereocenters. The van der Waals surface area contributed by atoms with Gasteiger partial charge in [0.2, 0.25) is 11.8 Å². The van der Waals surface area contributed by atoms with Gasteiger partial charge in [0, 0.05) is 44.5 Å². The lowest BCUT2D eigenvalue weighted by molar-refractivity contribution is -0.120. The number of amides is 2. The van der Waals surface area contributed by atoms with Crippen molar-refractivity contribution in [2.45, 2.75) is 45.4 Å². The highest BCUT2D eigenvalue weighted by atomic mass is 32.1. The molecule has 0 spiro atoms. The largest absolute Gasteiger partial charge is 0.376 e.